The molecule has 1 aliphatic carbocycles. The first-order valence-electron chi connectivity index (χ1n) is 10.1. The summed E-state index contributed by atoms with van der Waals surface area (Å²) in [7, 11) is 0. The summed E-state index contributed by atoms with van der Waals surface area (Å²) in [6, 6.07) is 9.28. The largest absolute Gasteiger partial charge is 0.481 e. The molecule has 12 heteroatoms. The Kier molecular flexibility index (Phi) is 5.73. The molecule has 2 N–H and O–H groups in total. The van der Waals surface area contributed by atoms with Crippen molar-refractivity contribution in [2.24, 2.45) is 0 Å². The molecule has 3 heterocycles. The van der Waals surface area contributed by atoms with Crippen LogP contribution in [0.4, 0.5) is 10.5 Å². The van der Waals surface area contributed by atoms with Crippen molar-refractivity contribution in [3.8, 4) is 11.8 Å². The van der Waals surface area contributed by atoms with Crippen LogP contribution in [-0.2, 0) is 14.9 Å². The van der Waals surface area contributed by atoms with E-state index in [1.807, 2.05) is 30.3 Å². The Morgan fingerprint density at radius 3 is 2.68 bits per heavy atom. The Labute approximate surface area is 205 Å². The van der Waals surface area contributed by atoms with Gasteiger partial charge in [0.1, 0.15) is 26.2 Å². The third-order valence-electron chi connectivity index (χ3n) is 5.26. The number of carboxylic acids is 1. The minimum absolute atomic E-state index is 0.0457. The van der Waals surface area contributed by atoms with Gasteiger partial charge in [-0.05, 0) is 37.2 Å². The number of amides is 1. The van der Waals surface area contributed by atoms with Gasteiger partial charge in [-0.3, -0.25) is 10.1 Å². The number of halogens is 1. The molecule has 0 radical (unpaired) electrons. The highest BCUT2D eigenvalue weighted by Crippen LogP contribution is 2.51. The number of benzene rings is 1. The highest BCUT2D eigenvalue weighted by molar-refractivity contribution is 7.38. The molecule has 1 fully saturated rings. The number of nitrogens with zero attached hydrogens (tertiary/aromatic N) is 3. The van der Waals surface area contributed by atoms with Crippen LogP contribution in [-0.4, -0.2) is 32.3 Å². The molecule has 1 aliphatic rings. The molecular formula is C22H15ClN4O5S2. The van der Waals surface area contributed by atoms with E-state index in [9.17, 15) is 14.7 Å². The second-order valence-electron chi connectivity index (χ2n) is 7.55. The quantitative estimate of drug-likeness (QED) is 0.347. The average molecular weight is 515 g/mol. The standard InChI is InChI=1S/C22H15ClN4O5S2/c1-11(12-5-3-2-4-6-12)31-21(30)25-15-13(32-27-16(15)23)7-8-14-24-17-18(33-14)34-19(26-17)22(9-10-22)20(28)29/h2-6,11H,9-10H2,1H3,(H,25,30)(H,28,29). The van der Waals surface area contributed by atoms with Crippen LogP contribution in [0.5, 0.6) is 0 Å². The summed E-state index contributed by atoms with van der Waals surface area (Å²) in [5.74, 6) is 4.81. The number of thiazole rings is 2. The maximum atomic E-state index is 12.4. The molecule has 1 atom stereocenters. The molecule has 0 bridgehead atoms. The van der Waals surface area contributed by atoms with E-state index < -0.39 is 23.6 Å². The van der Waals surface area contributed by atoms with E-state index in [1.165, 1.54) is 22.7 Å². The average Bonchev–Trinajstić information content (AvgIpc) is 3.26. The van der Waals surface area contributed by atoms with E-state index in [4.69, 9.17) is 20.9 Å². The number of hydrogen-bond acceptors (Lipinski definition) is 9. The second-order valence-corrected chi connectivity index (χ2v) is 10.2. The van der Waals surface area contributed by atoms with Gasteiger partial charge in [-0.1, -0.05) is 58.4 Å². The van der Waals surface area contributed by atoms with Crippen LogP contribution in [0.25, 0.3) is 9.66 Å². The maximum absolute atomic E-state index is 12.4. The van der Waals surface area contributed by atoms with Gasteiger partial charge >= 0.3 is 12.1 Å². The molecule has 1 unspecified atom stereocenters. The van der Waals surface area contributed by atoms with E-state index in [2.05, 4.69) is 32.3 Å². The van der Waals surface area contributed by atoms with Crippen molar-refractivity contribution in [3.05, 3.63) is 56.8 Å². The van der Waals surface area contributed by atoms with E-state index in [0.717, 1.165) is 9.58 Å². The number of carbonyl (C=O) groups excluding carboxylic acids is 1. The SMILES string of the molecule is CC(OC(=O)Nc1c(Cl)noc1C#Cc1nc2nc(C3(C(=O)O)CC3)sc2s1)c1ccccc1. The number of ether oxygens (including phenoxy) is 1. The first kappa shape index (κ1) is 22.3. The van der Waals surface area contributed by atoms with Gasteiger partial charge in [-0.15, -0.1) is 11.3 Å². The van der Waals surface area contributed by atoms with Gasteiger partial charge < -0.3 is 14.4 Å². The molecule has 172 valence electrons. The van der Waals surface area contributed by atoms with E-state index in [0.29, 0.717) is 28.5 Å². The van der Waals surface area contributed by atoms with Gasteiger partial charge in [0.05, 0.1) is 0 Å². The first-order valence-corrected chi connectivity index (χ1v) is 12.1. The molecule has 4 aromatic rings. The lowest BCUT2D eigenvalue weighted by molar-refractivity contribution is -0.140. The normalized spacial score (nSPS) is 14.8. The van der Waals surface area contributed by atoms with Gasteiger partial charge in [0.15, 0.2) is 15.8 Å². The zero-order valence-corrected chi connectivity index (χ0v) is 19.9. The lowest BCUT2D eigenvalue weighted by Gasteiger charge is -2.13. The third kappa shape index (κ3) is 4.23. The smallest absolute Gasteiger partial charge is 0.412 e. The van der Waals surface area contributed by atoms with Crippen molar-refractivity contribution in [3.63, 3.8) is 0 Å². The van der Waals surface area contributed by atoms with Gasteiger partial charge in [-0.2, -0.15) is 0 Å². The van der Waals surface area contributed by atoms with Gasteiger partial charge in [0, 0.05) is 0 Å². The summed E-state index contributed by atoms with van der Waals surface area (Å²) in [6.45, 7) is 1.75. The summed E-state index contributed by atoms with van der Waals surface area (Å²) in [5, 5.41) is 16.6. The first-order chi connectivity index (χ1) is 16.4. The molecule has 34 heavy (non-hydrogen) atoms. The predicted octanol–water partition coefficient (Wildman–Crippen LogP) is 5.22. The fraction of sp³-hybridized carbons (Fsp3) is 0.227. The fourth-order valence-electron chi connectivity index (χ4n) is 3.20. The summed E-state index contributed by atoms with van der Waals surface area (Å²) in [4.78, 5) is 32.6. The highest BCUT2D eigenvalue weighted by Gasteiger charge is 2.54. The molecule has 1 saturated carbocycles. The zero-order chi connectivity index (χ0) is 23.9. The molecule has 0 aliphatic heterocycles. The van der Waals surface area contributed by atoms with Gasteiger partial charge in [0.25, 0.3) is 0 Å². The number of aliphatic carboxylic acids is 1. The monoisotopic (exact) mass is 514 g/mol. The Bertz CT molecular complexity index is 1430. The zero-order valence-electron chi connectivity index (χ0n) is 17.5. The number of fused-ring (bicyclic) bond motifs is 1. The van der Waals surface area contributed by atoms with Crippen LogP contribution < -0.4 is 5.32 Å². The molecule has 9 nitrogen and oxygen atoms in total. The Morgan fingerprint density at radius 1 is 1.24 bits per heavy atom. The highest BCUT2D eigenvalue weighted by atomic mass is 35.5. The van der Waals surface area contributed by atoms with Crippen LogP contribution in [0, 0.1) is 11.8 Å². The van der Waals surface area contributed by atoms with E-state index in [-0.39, 0.29) is 16.6 Å². The lowest BCUT2D eigenvalue weighted by Crippen LogP contribution is -2.18. The topological polar surface area (TPSA) is 127 Å². The van der Waals surface area contributed by atoms with Crippen molar-refractivity contribution in [2.75, 3.05) is 5.32 Å². The Balaban J connectivity index is 1.30. The van der Waals surface area contributed by atoms with Gasteiger partial charge in [0.2, 0.25) is 5.76 Å². The second kappa shape index (κ2) is 8.72. The number of nitrogens with one attached hydrogen (secondary N) is 1. The lowest BCUT2D eigenvalue weighted by atomic mass is 10.1. The molecular weight excluding hydrogens is 500 g/mol. The molecule has 5 rings (SSSR count). The van der Waals surface area contributed by atoms with Crippen molar-refractivity contribution >= 4 is 61.7 Å². The predicted molar refractivity (Wildman–Crippen MR) is 126 cm³/mol. The summed E-state index contributed by atoms with van der Waals surface area (Å²) >= 11 is 8.67. The van der Waals surface area contributed by atoms with Crippen LogP contribution in [0.1, 0.15) is 47.2 Å². The van der Waals surface area contributed by atoms with Crippen molar-refractivity contribution in [1.29, 1.82) is 0 Å². The van der Waals surface area contributed by atoms with Crippen molar-refractivity contribution in [2.45, 2.75) is 31.3 Å². The Hall–Kier alpha value is -3.46. The molecule has 1 amide bonds. The molecule has 0 spiro atoms. The minimum atomic E-state index is -0.860. The van der Waals surface area contributed by atoms with Crippen molar-refractivity contribution < 1.29 is 24.0 Å². The third-order valence-corrected chi connectivity index (χ3v) is 7.81. The molecule has 1 aromatic carbocycles. The van der Waals surface area contributed by atoms with Crippen LogP contribution in [0.3, 0.4) is 0 Å². The number of hydrogen-bond donors (Lipinski definition) is 2. The minimum Gasteiger partial charge on any atom is -0.481 e. The van der Waals surface area contributed by atoms with E-state index in [1.54, 1.807) is 6.92 Å². The fourth-order valence-corrected chi connectivity index (χ4v) is 5.58. The Morgan fingerprint density at radius 2 is 2.00 bits per heavy atom. The molecule has 3 aromatic heterocycles. The molecule has 0 saturated heterocycles. The summed E-state index contributed by atoms with van der Waals surface area (Å²) in [6.07, 6.45) is -0.0382. The number of rotatable bonds is 5. The van der Waals surface area contributed by atoms with Crippen LogP contribution >= 0.6 is 34.3 Å². The van der Waals surface area contributed by atoms with Crippen molar-refractivity contribution in [1.82, 2.24) is 15.1 Å². The number of anilines is 1. The maximum Gasteiger partial charge on any atom is 0.412 e. The van der Waals surface area contributed by atoms with Crippen LogP contribution in [0.2, 0.25) is 5.15 Å². The van der Waals surface area contributed by atoms with E-state index >= 15 is 0 Å². The number of carbonyl (C=O) groups is 2. The summed E-state index contributed by atoms with van der Waals surface area (Å²) in [5.41, 5.74) is 0.538. The van der Waals surface area contributed by atoms with Gasteiger partial charge in [-0.25, -0.2) is 14.8 Å². The van der Waals surface area contributed by atoms with Crippen LogP contribution in [0.15, 0.2) is 34.9 Å². The number of carboxylic acid groups (broad SMARTS) is 1. The number of aromatic nitrogens is 3. The summed E-state index contributed by atoms with van der Waals surface area (Å²) < 4.78 is 11.3.